The minimum absolute atomic E-state index is 0.364. The maximum absolute atomic E-state index is 7.57. The first kappa shape index (κ1) is 11.6. The van der Waals surface area contributed by atoms with E-state index in [0.717, 1.165) is 5.69 Å². The molecule has 0 bridgehead atoms. The van der Waals surface area contributed by atoms with Crippen LogP contribution in [0.5, 0.6) is 0 Å². The van der Waals surface area contributed by atoms with Crippen molar-refractivity contribution in [1.29, 1.82) is 5.41 Å². The largest absolute Gasteiger partial charge is 0.330 e. The van der Waals surface area contributed by atoms with Gasteiger partial charge >= 0.3 is 0 Å². The van der Waals surface area contributed by atoms with Crippen molar-refractivity contribution in [2.24, 2.45) is 0 Å². The first-order valence-corrected chi connectivity index (χ1v) is 5.42. The zero-order chi connectivity index (χ0) is 12.4. The number of anilines is 1. The molecule has 17 heavy (non-hydrogen) atoms. The fourth-order valence-electron chi connectivity index (χ4n) is 1.37. The van der Waals surface area contributed by atoms with E-state index in [2.05, 4.69) is 10.1 Å². The molecule has 2 rings (SSSR count). The molecule has 5 nitrogen and oxygen atoms in total. The van der Waals surface area contributed by atoms with Crippen LogP contribution in [0.2, 0.25) is 5.15 Å². The van der Waals surface area contributed by atoms with E-state index in [9.17, 15) is 0 Å². The second kappa shape index (κ2) is 4.55. The van der Waals surface area contributed by atoms with Crippen molar-refractivity contribution in [2.75, 3.05) is 11.9 Å². The van der Waals surface area contributed by atoms with Crippen molar-refractivity contribution in [3.63, 3.8) is 0 Å². The maximum Gasteiger partial charge on any atom is 0.175 e. The Morgan fingerprint density at radius 3 is 2.88 bits per heavy atom. The predicted molar refractivity (Wildman–Crippen MR) is 68.2 cm³/mol. The monoisotopic (exact) mass is 249 g/mol. The van der Waals surface area contributed by atoms with Gasteiger partial charge in [-0.2, -0.15) is 5.10 Å². The van der Waals surface area contributed by atoms with Gasteiger partial charge in [0, 0.05) is 13.2 Å². The Hall–Kier alpha value is -1.88. The minimum Gasteiger partial charge on any atom is -0.330 e. The van der Waals surface area contributed by atoms with Crippen LogP contribution in [0.4, 0.5) is 5.69 Å². The lowest BCUT2D eigenvalue weighted by Crippen LogP contribution is -2.21. The van der Waals surface area contributed by atoms with Crippen LogP contribution in [-0.4, -0.2) is 27.6 Å². The van der Waals surface area contributed by atoms with Crippen molar-refractivity contribution >= 4 is 23.1 Å². The Bertz CT molecular complexity index is 534. The van der Waals surface area contributed by atoms with E-state index in [-0.39, 0.29) is 0 Å². The van der Waals surface area contributed by atoms with E-state index in [1.54, 1.807) is 42.1 Å². The molecule has 2 aromatic rings. The number of halogens is 1. The van der Waals surface area contributed by atoms with Gasteiger partial charge < -0.3 is 4.90 Å². The molecule has 0 radical (unpaired) electrons. The third kappa shape index (κ3) is 2.29. The Labute approximate surface area is 104 Å². The highest BCUT2D eigenvalue weighted by atomic mass is 35.5. The van der Waals surface area contributed by atoms with E-state index >= 15 is 0 Å². The number of amidine groups is 1. The number of nitrogens with zero attached hydrogens (tertiary/aromatic N) is 4. The molecule has 0 aromatic carbocycles. The van der Waals surface area contributed by atoms with Gasteiger partial charge in [-0.25, -0.2) is 4.68 Å². The molecule has 0 amide bonds. The number of hydrogen-bond donors (Lipinski definition) is 1. The first-order chi connectivity index (χ1) is 8.09. The van der Waals surface area contributed by atoms with Crippen LogP contribution in [-0.2, 0) is 0 Å². The molecule has 0 fully saturated rings. The van der Waals surface area contributed by atoms with E-state index in [1.807, 2.05) is 12.1 Å². The summed E-state index contributed by atoms with van der Waals surface area (Å²) in [5.41, 5.74) is 1.53. The predicted octanol–water partition coefficient (Wildman–Crippen LogP) is 2.35. The van der Waals surface area contributed by atoms with Gasteiger partial charge in [0.1, 0.15) is 5.69 Å². The van der Waals surface area contributed by atoms with Gasteiger partial charge in [0.2, 0.25) is 0 Å². The molecule has 1 N–H and O–H groups in total. The molecular weight excluding hydrogens is 238 g/mol. The Morgan fingerprint density at radius 2 is 2.29 bits per heavy atom. The van der Waals surface area contributed by atoms with Crippen molar-refractivity contribution in [3.05, 3.63) is 35.9 Å². The summed E-state index contributed by atoms with van der Waals surface area (Å²) in [5.74, 6) is 0.401. The summed E-state index contributed by atoms with van der Waals surface area (Å²) in [5, 5.41) is 12.1. The van der Waals surface area contributed by atoms with Crippen LogP contribution >= 0.6 is 11.6 Å². The maximum atomic E-state index is 7.57. The molecule has 2 heterocycles. The van der Waals surface area contributed by atoms with E-state index < -0.39 is 0 Å². The van der Waals surface area contributed by atoms with Gasteiger partial charge in [-0.15, -0.1) is 0 Å². The molecule has 88 valence electrons. The van der Waals surface area contributed by atoms with Crippen molar-refractivity contribution in [1.82, 2.24) is 14.8 Å². The highest BCUT2D eigenvalue weighted by Crippen LogP contribution is 2.24. The fourth-order valence-corrected chi connectivity index (χ4v) is 1.63. The van der Waals surface area contributed by atoms with Gasteiger partial charge in [0.25, 0.3) is 0 Å². The molecule has 0 spiro atoms. The molecule has 0 aliphatic heterocycles. The van der Waals surface area contributed by atoms with E-state index in [0.29, 0.717) is 16.7 Å². The summed E-state index contributed by atoms with van der Waals surface area (Å²) in [6, 6.07) is 3.72. The molecule has 0 unspecified atom stereocenters. The summed E-state index contributed by atoms with van der Waals surface area (Å²) in [4.78, 5) is 5.69. The Morgan fingerprint density at radius 1 is 1.53 bits per heavy atom. The molecule has 0 saturated heterocycles. The van der Waals surface area contributed by atoms with Gasteiger partial charge in [-0.3, -0.25) is 10.4 Å². The number of rotatable bonds is 2. The average Bonchev–Trinajstić information content (AvgIpc) is 2.71. The summed E-state index contributed by atoms with van der Waals surface area (Å²) < 4.78 is 1.64. The highest BCUT2D eigenvalue weighted by Gasteiger charge is 2.13. The lowest BCUT2D eigenvalue weighted by atomic mass is 10.4. The van der Waals surface area contributed by atoms with Gasteiger partial charge in [0.05, 0.1) is 23.9 Å². The smallest absolute Gasteiger partial charge is 0.175 e. The van der Waals surface area contributed by atoms with Crippen LogP contribution in [0.1, 0.15) is 6.92 Å². The standard InChI is InChI=1S/C11H12ClN5/c1-8(13)16(2)10-7-17(15-11(10)12)9-4-3-5-14-6-9/h3-7,13H,1-2H3. The summed E-state index contributed by atoms with van der Waals surface area (Å²) >= 11 is 6.04. The second-order valence-electron chi connectivity index (χ2n) is 3.61. The van der Waals surface area contributed by atoms with Crippen LogP contribution in [0.25, 0.3) is 5.69 Å². The SMILES string of the molecule is CC(=N)N(C)c1cn(-c2cccnc2)nc1Cl. The van der Waals surface area contributed by atoms with Crippen molar-refractivity contribution in [2.45, 2.75) is 6.92 Å². The number of hydrogen-bond acceptors (Lipinski definition) is 3. The molecule has 0 atom stereocenters. The summed E-state index contributed by atoms with van der Waals surface area (Å²) in [6.07, 6.45) is 5.17. The van der Waals surface area contributed by atoms with Gasteiger partial charge in [-0.05, 0) is 19.1 Å². The van der Waals surface area contributed by atoms with Crippen LogP contribution in [0.3, 0.4) is 0 Å². The third-order valence-electron chi connectivity index (χ3n) is 2.43. The summed E-state index contributed by atoms with van der Waals surface area (Å²) in [7, 11) is 1.78. The number of pyridine rings is 1. The van der Waals surface area contributed by atoms with Crippen molar-refractivity contribution < 1.29 is 0 Å². The zero-order valence-electron chi connectivity index (χ0n) is 9.55. The van der Waals surface area contributed by atoms with Crippen LogP contribution in [0, 0.1) is 5.41 Å². The molecule has 2 aromatic heterocycles. The molecular formula is C11H12ClN5. The molecule has 6 heteroatoms. The minimum atomic E-state index is 0.364. The lowest BCUT2D eigenvalue weighted by Gasteiger charge is -2.14. The quantitative estimate of drug-likeness (QED) is 0.657. The van der Waals surface area contributed by atoms with Crippen LogP contribution in [0.15, 0.2) is 30.7 Å². The third-order valence-corrected chi connectivity index (χ3v) is 2.70. The van der Waals surface area contributed by atoms with Gasteiger partial charge in [-0.1, -0.05) is 11.6 Å². The molecule has 0 saturated carbocycles. The average molecular weight is 250 g/mol. The zero-order valence-corrected chi connectivity index (χ0v) is 10.3. The second-order valence-corrected chi connectivity index (χ2v) is 3.96. The van der Waals surface area contributed by atoms with Crippen LogP contribution < -0.4 is 4.90 Å². The van der Waals surface area contributed by atoms with E-state index in [4.69, 9.17) is 17.0 Å². The lowest BCUT2D eigenvalue weighted by molar-refractivity contribution is 0.874. The topological polar surface area (TPSA) is 57.8 Å². The van der Waals surface area contributed by atoms with E-state index in [1.165, 1.54) is 0 Å². The first-order valence-electron chi connectivity index (χ1n) is 5.04. The Balaban J connectivity index is 2.41. The summed E-state index contributed by atoms with van der Waals surface area (Å²) in [6.45, 7) is 1.69. The number of aromatic nitrogens is 3. The molecule has 0 aliphatic rings. The number of nitrogens with one attached hydrogen (secondary N) is 1. The highest BCUT2D eigenvalue weighted by molar-refractivity contribution is 6.32. The normalized spacial score (nSPS) is 10.3. The Kier molecular flexibility index (Phi) is 3.10. The van der Waals surface area contributed by atoms with Gasteiger partial charge in [0.15, 0.2) is 5.15 Å². The molecule has 0 aliphatic carbocycles. The fraction of sp³-hybridized carbons (Fsp3) is 0.182. The van der Waals surface area contributed by atoms with Crippen molar-refractivity contribution in [3.8, 4) is 5.69 Å².